The molecule has 3 unspecified atom stereocenters. The van der Waals surface area contributed by atoms with Gasteiger partial charge in [0.25, 0.3) is 0 Å². The standard InChI is InChI=1S/C14H21N3O/c1-4-11(3)17-13(18)16-12(15)14(17)8-5-6-10(2)7-9-14/h1,10-11H,5-9H2,2-3H3,(H2,15,16,18). The van der Waals surface area contributed by atoms with Crippen LogP contribution in [0.2, 0.25) is 0 Å². The largest absolute Gasteiger partial charge is 0.385 e. The molecule has 98 valence electrons. The second-order valence-corrected chi connectivity index (χ2v) is 5.56. The molecule has 2 N–H and O–H groups in total. The maximum absolute atomic E-state index is 12.0. The lowest BCUT2D eigenvalue weighted by molar-refractivity contribution is 0.147. The van der Waals surface area contributed by atoms with E-state index in [1.54, 1.807) is 4.90 Å². The van der Waals surface area contributed by atoms with Crippen molar-refractivity contribution in [1.82, 2.24) is 4.90 Å². The number of carbonyl (C=O) groups is 1. The first-order chi connectivity index (χ1) is 8.51. The number of terminal acetylenes is 1. The first-order valence-corrected chi connectivity index (χ1v) is 6.65. The second kappa shape index (κ2) is 4.64. The van der Waals surface area contributed by atoms with Crippen LogP contribution in [-0.2, 0) is 0 Å². The molecule has 1 heterocycles. The molecule has 1 aliphatic heterocycles. The molecule has 0 aromatic rings. The summed E-state index contributed by atoms with van der Waals surface area (Å²) in [6, 6.07) is -0.525. The molecular weight excluding hydrogens is 226 g/mol. The van der Waals surface area contributed by atoms with Crippen molar-refractivity contribution in [3.05, 3.63) is 0 Å². The Labute approximate surface area is 109 Å². The van der Waals surface area contributed by atoms with Crippen molar-refractivity contribution >= 4 is 11.9 Å². The van der Waals surface area contributed by atoms with Gasteiger partial charge in [0.1, 0.15) is 11.4 Å². The highest BCUT2D eigenvalue weighted by Crippen LogP contribution is 2.39. The van der Waals surface area contributed by atoms with Crippen molar-refractivity contribution in [2.75, 3.05) is 0 Å². The maximum Gasteiger partial charge on any atom is 0.347 e. The molecule has 2 aliphatic rings. The minimum absolute atomic E-state index is 0.254. The van der Waals surface area contributed by atoms with E-state index >= 15 is 0 Å². The zero-order valence-electron chi connectivity index (χ0n) is 11.1. The Kier molecular flexibility index (Phi) is 3.34. The molecule has 0 aromatic carbocycles. The minimum atomic E-state index is -0.423. The van der Waals surface area contributed by atoms with Crippen LogP contribution in [0.3, 0.4) is 0 Å². The first kappa shape index (κ1) is 12.9. The number of hydrogen-bond donors (Lipinski definition) is 1. The Hall–Kier alpha value is -1.50. The third kappa shape index (κ3) is 1.88. The molecule has 1 saturated carbocycles. The maximum atomic E-state index is 12.0. The fraction of sp³-hybridized carbons (Fsp3) is 0.714. The third-order valence-electron chi connectivity index (χ3n) is 4.33. The zero-order valence-corrected chi connectivity index (χ0v) is 11.1. The van der Waals surface area contributed by atoms with Gasteiger partial charge in [0.15, 0.2) is 0 Å². The molecule has 0 saturated heterocycles. The van der Waals surface area contributed by atoms with Crippen molar-refractivity contribution in [3.63, 3.8) is 0 Å². The smallest absolute Gasteiger partial charge is 0.347 e. The molecule has 18 heavy (non-hydrogen) atoms. The molecular formula is C14H21N3O. The summed E-state index contributed by atoms with van der Waals surface area (Å²) in [6.45, 7) is 4.11. The predicted molar refractivity (Wildman–Crippen MR) is 72.1 cm³/mol. The predicted octanol–water partition coefficient (Wildman–Crippen LogP) is 2.14. The Bertz CT molecular complexity index is 423. The molecule has 4 heteroatoms. The SMILES string of the molecule is C#CC(C)N1C(=O)N=C(N)C12CCCC(C)CC2. The molecule has 1 spiro atoms. The normalized spacial score (nSPS) is 34.1. The summed E-state index contributed by atoms with van der Waals surface area (Å²) in [6.07, 6.45) is 10.6. The van der Waals surface area contributed by atoms with E-state index in [4.69, 9.17) is 12.2 Å². The van der Waals surface area contributed by atoms with E-state index in [-0.39, 0.29) is 12.1 Å². The molecule has 2 amide bonds. The quantitative estimate of drug-likeness (QED) is 0.722. The van der Waals surface area contributed by atoms with Crippen LogP contribution < -0.4 is 5.73 Å². The van der Waals surface area contributed by atoms with Crippen LogP contribution in [0.4, 0.5) is 4.79 Å². The fourth-order valence-electron chi connectivity index (χ4n) is 3.17. The van der Waals surface area contributed by atoms with Crippen molar-refractivity contribution < 1.29 is 4.79 Å². The van der Waals surface area contributed by atoms with Crippen molar-refractivity contribution in [2.24, 2.45) is 16.6 Å². The lowest BCUT2D eigenvalue weighted by Crippen LogP contribution is -2.56. The van der Waals surface area contributed by atoms with Gasteiger partial charge in [-0.3, -0.25) is 4.90 Å². The highest BCUT2D eigenvalue weighted by atomic mass is 16.2. The molecule has 0 bridgehead atoms. The Morgan fingerprint density at radius 3 is 2.94 bits per heavy atom. The lowest BCUT2D eigenvalue weighted by Gasteiger charge is -2.39. The van der Waals surface area contributed by atoms with Gasteiger partial charge >= 0.3 is 6.03 Å². The second-order valence-electron chi connectivity index (χ2n) is 5.56. The molecule has 2 rings (SSSR count). The van der Waals surface area contributed by atoms with E-state index in [1.165, 1.54) is 6.42 Å². The van der Waals surface area contributed by atoms with Gasteiger partial charge in [-0.1, -0.05) is 25.7 Å². The van der Waals surface area contributed by atoms with Gasteiger partial charge in [-0.05, 0) is 32.1 Å². The van der Waals surface area contributed by atoms with Crippen molar-refractivity contribution in [3.8, 4) is 12.3 Å². The summed E-state index contributed by atoms with van der Waals surface area (Å²) in [5, 5.41) is 0. The van der Waals surface area contributed by atoms with Crippen LogP contribution in [0.25, 0.3) is 0 Å². The Balaban J connectivity index is 2.35. The molecule has 1 aliphatic carbocycles. The zero-order chi connectivity index (χ0) is 13.3. The number of rotatable bonds is 1. The Morgan fingerprint density at radius 2 is 2.28 bits per heavy atom. The number of amidine groups is 1. The van der Waals surface area contributed by atoms with E-state index in [0.29, 0.717) is 11.8 Å². The van der Waals surface area contributed by atoms with E-state index in [9.17, 15) is 4.79 Å². The van der Waals surface area contributed by atoms with E-state index in [2.05, 4.69) is 17.8 Å². The number of amides is 2. The van der Waals surface area contributed by atoms with Gasteiger partial charge in [-0.2, -0.15) is 4.99 Å². The average Bonchev–Trinajstić information content (AvgIpc) is 2.49. The topological polar surface area (TPSA) is 58.7 Å². The van der Waals surface area contributed by atoms with Gasteiger partial charge in [0.2, 0.25) is 0 Å². The summed E-state index contributed by atoms with van der Waals surface area (Å²) >= 11 is 0. The summed E-state index contributed by atoms with van der Waals surface area (Å²) in [7, 11) is 0. The number of nitrogens with two attached hydrogens (primary N) is 1. The van der Waals surface area contributed by atoms with E-state index in [0.717, 1.165) is 25.7 Å². The molecule has 0 radical (unpaired) electrons. The minimum Gasteiger partial charge on any atom is -0.385 e. The highest BCUT2D eigenvalue weighted by Gasteiger charge is 2.50. The Morgan fingerprint density at radius 1 is 1.56 bits per heavy atom. The highest BCUT2D eigenvalue weighted by molar-refractivity contribution is 6.06. The number of hydrogen-bond acceptors (Lipinski definition) is 2. The monoisotopic (exact) mass is 247 g/mol. The number of nitrogens with zero attached hydrogens (tertiary/aromatic N) is 2. The van der Waals surface area contributed by atoms with Crippen LogP contribution in [-0.4, -0.2) is 28.3 Å². The third-order valence-corrected chi connectivity index (χ3v) is 4.33. The number of urea groups is 1. The van der Waals surface area contributed by atoms with Crippen molar-refractivity contribution in [2.45, 2.75) is 57.5 Å². The number of carbonyl (C=O) groups excluding carboxylic acids is 1. The van der Waals surface area contributed by atoms with E-state index < -0.39 is 5.54 Å². The number of aliphatic imine (C=N–C) groups is 1. The van der Waals surface area contributed by atoms with Gasteiger partial charge in [-0.15, -0.1) is 6.42 Å². The van der Waals surface area contributed by atoms with Crippen LogP contribution in [0.15, 0.2) is 4.99 Å². The van der Waals surface area contributed by atoms with Crippen LogP contribution in [0, 0.1) is 18.3 Å². The average molecular weight is 247 g/mol. The summed E-state index contributed by atoms with van der Waals surface area (Å²) < 4.78 is 0. The van der Waals surface area contributed by atoms with Crippen LogP contribution in [0.1, 0.15) is 46.0 Å². The van der Waals surface area contributed by atoms with E-state index in [1.807, 2.05) is 6.92 Å². The summed E-state index contributed by atoms with van der Waals surface area (Å²) in [5.41, 5.74) is 5.63. The van der Waals surface area contributed by atoms with Crippen LogP contribution >= 0.6 is 0 Å². The summed E-state index contributed by atoms with van der Waals surface area (Å²) in [5.74, 6) is 3.78. The molecule has 1 fully saturated rings. The van der Waals surface area contributed by atoms with Crippen molar-refractivity contribution in [1.29, 1.82) is 0 Å². The molecule has 3 atom stereocenters. The van der Waals surface area contributed by atoms with Crippen LogP contribution in [0.5, 0.6) is 0 Å². The lowest BCUT2D eigenvalue weighted by atomic mass is 9.86. The van der Waals surface area contributed by atoms with Gasteiger partial charge in [-0.25, -0.2) is 4.79 Å². The molecule has 0 aromatic heterocycles. The van der Waals surface area contributed by atoms with Gasteiger partial charge in [0.05, 0.1) is 6.04 Å². The van der Waals surface area contributed by atoms with Gasteiger partial charge < -0.3 is 5.73 Å². The summed E-state index contributed by atoms with van der Waals surface area (Å²) in [4.78, 5) is 17.7. The molecule has 4 nitrogen and oxygen atoms in total. The fourth-order valence-corrected chi connectivity index (χ4v) is 3.17. The first-order valence-electron chi connectivity index (χ1n) is 6.65. The van der Waals surface area contributed by atoms with Gasteiger partial charge in [0, 0.05) is 0 Å².